The van der Waals surface area contributed by atoms with Crippen molar-refractivity contribution in [1.82, 2.24) is 0 Å². The molecule has 1 aliphatic carbocycles. The average Bonchev–Trinajstić information content (AvgIpc) is 2.47. The molecule has 0 bridgehead atoms. The van der Waals surface area contributed by atoms with Crippen molar-refractivity contribution in [2.45, 2.75) is 45.1 Å². The minimum absolute atomic E-state index is 0.373. The van der Waals surface area contributed by atoms with E-state index in [2.05, 4.69) is 56.3 Å². The SMILES string of the molecule is CC(C)C1CCCCC1(O)c1ccc2ccccc2c1. The molecule has 1 fully saturated rings. The molecule has 0 amide bonds. The highest BCUT2D eigenvalue weighted by atomic mass is 16.3. The average molecular weight is 268 g/mol. The van der Waals surface area contributed by atoms with E-state index in [0.717, 1.165) is 24.8 Å². The Kier molecular flexibility index (Phi) is 3.55. The highest BCUT2D eigenvalue weighted by Gasteiger charge is 2.41. The van der Waals surface area contributed by atoms with Crippen molar-refractivity contribution < 1.29 is 5.11 Å². The highest BCUT2D eigenvalue weighted by molar-refractivity contribution is 5.83. The third-order valence-corrected chi connectivity index (χ3v) is 4.99. The third kappa shape index (κ3) is 2.25. The fraction of sp³-hybridized carbons (Fsp3) is 0.474. The van der Waals surface area contributed by atoms with Gasteiger partial charge in [-0.1, -0.05) is 63.1 Å². The monoisotopic (exact) mass is 268 g/mol. The molecule has 0 saturated heterocycles. The summed E-state index contributed by atoms with van der Waals surface area (Å²) in [6, 6.07) is 14.9. The van der Waals surface area contributed by atoms with Gasteiger partial charge in [0.1, 0.15) is 0 Å². The molecule has 106 valence electrons. The number of rotatable bonds is 2. The van der Waals surface area contributed by atoms with Crippen molar-refractivity contribution in [3.05, 3.63) is 48.0 Å². The molecule has 1 N–H and O–H groups in total. The molecule has 1 saturated carbocycles. The number of hydrogen-bond acceptors (Lipinski definition) is 1. The number of hydrogen-bond donors (Lipinski definition) is 1. The Morgan fingerprint density at radius 1 is 1.05 bits per heavy atom. The topological polar surface area (TPSA) is 20.2 Å². The van der Waals surface area contributed by atoms with Gasteiger partial charge in [0.2, 0.25) is 0 Å². The molecular formula is C19H24O. The maximum Gasteiger partial charge on any atom is 0.0927 e. The van der Waals surface area contributed by atoms with Crippen LogP contribution in [0.1, 0.15) is 45.1 Å². The Balaban J connectivity index is 2.06. The molecule has 20 heavy (non-hydrogen) atoms. The summed E-state index contributed by atoms with van der Waals surface area (Å²) >= 11 is 0. The summed E-state index contributed by atoms with van der Waals surface area (Å²) in [4.78, 5) is 0. The zero-order valence-electron chi connectivity index (χ0n) is 12.5. The molecule has 1 nitrogen and oxygen atoms in total. The zero-order valence-corrected chi connectivity index (χ0v) is 12.5. The molecule has 1 aliphatic rings. The molecule has 0 spiro atoms. The van der Waals surface area contributed by atoms with E-state index in [4.69, 9.17) is 0 Å². The van der Waals surface area contributed by atoms with Gasteiger partial charge < -0.3 is 5.11 Å². The molecule has 0 heterocycles. The Bertz CT molecular complexity index is 601. The Labute approximate surface area is 121 Å². The summed E-state index contributed by atoms with van der Waals surface area (Å²) in [6.45, 7) is 4.48. The lowest BCUT2D eigenvalue weighted by atomic mass is 9.67. The molecule has 0 aliphatic heterocycles. The smallest absolute Gasteiger partial charge is 0.0927 e. The normalized spacial score (nSPS) is 27.1. The lowest BCUT2D eigenvalue weighted by molar-refractivity contribution is -0.0720. The van der Waals surface area contributed by atoms with Gasteiger partial charge in [0.15, 0.2) is 0 Å². The first-order valence-electron chi connectivity index (χ1n) is 7.83. The molecule has 0 radical (unpaired) electrons. The Morgan fingerprint density at radius 3 is 2.55 bits per heavy atom. The van der Waals surface area contributed by atoms with Crippen molar-refractivity contribution in [2.75, 3.05) is 0 Å². The van der Waals surface area contributed by atoms with E-state index in [0.29, 0.717) is 11.8 Å². The van der Waals surface area contributed by atoms with Gasteiger partial charge in [0, 0.05) is 0 Å². The molecule has 2 atom stereocenters. The number of benzene rings is 2. The molecule has 1 heteroatoms. The van der Waals surface area contributed by atoms with Crippen LogP contribution in [0.15, 0.2) is 42.5 Å². The minimum Gasteiger partial charge on any atom is -0.385 e. The summed E-state index contributed by atoms with van der Waals surface area (Å²) in [7, 11) is 0. The van der Waals surface area contributed by atoms with Crippen LogP contribution < -0.4 is 0 Å². The van der Waals surface area contributed by atoms with Crippen LogP contribution in [0, 0.1) is 11.8 Å². The van der Waals surface area contributed by atoms with E-state index in [-0.39, 0.29) is 0 Å². The second-order valence-electron chi connectivity index (χ2n) is 6.58. The van der Waals surface area contributed by atoms with Crippen LogP contribution in [0.2, 0.25) is 0 Å². The van der Waals surface area contributed by atoms with Crippen molar-refractivity contribution in [3.8, 4) is 0 Å². The minimum atomic E-state index is -0.642. The summed E-state index contributed by atoms with van der Waals surface area (Å²) in [5.41, 5.74) is 0.464. The van der Waals surface area contributed by atoms with Crippen LogP contribution >= 0.6 is 0 Å². The Hall–Kier alpha value is -1.34. The van der Waals surface area contributed by atoms with Crippen molar-refractivity contribution in [1.29, 1.82) is 0 Å². The number of fused-ring (bicyclic) bond motifs is 1. The van der Waals surface area contributed by atoms with Gasteiger partial charge in [-0.25, -0.2) is 0 Å². The fourth-order valence-corrected chi connectivity index (χ4v) is 3.88. The number of aliphatic hydroxyl groups is 1. The fourth-order valence-electron chi connectivity index (χ4n) is 3.88. The largest absolute Gasteiger partial charge is 0.385 e. The van der Waals surface area contributed by atoms with E-state index in [1.165, 1.54) is 17.2 Å². The van der Waals surface area contributed by atoms with Crippen LogP contribution in [-0.2, 0) is 5.60 Å². The van der Waals surface area contributed by atoms with E-state index < -0.39 is 5.60 Å². The summed E-state index contributed by atoms with van der Waals surface area (Å²) < 4.78 is 0. The van der Waals surface area contributed by atoms with E-state index in [1.54, 1.807) is 0 Å². The molecular weight excluding hydrogens is 244 g/mol. The molecule has 2 unspecified atom stereocenters. The standard InChI is InChI=1S/C19H24O/c1-14(2)18-9-5-6-12-19(18,20)17-11-10-15-7-3-4-8-16(15)13-17/h3-4,7-8,10-11,13-14,18,20H,5-6,9,12H2,1-2H3. The van der Waals surface area contributed by atoms with Gasteiger partial charge in [0.25, 0.3) is 0 Å². The molecule has 2 aromatic rings. The summed E-state index contributed by atoms with van der Waals surface area (Å²) in [5, 5.41) is 13.8. The van der Waals surface area contributed by atoms with E-state index >= 15 is 0 Å². The van der Waals surface area contributed by atoms with Crippen molar-refractivity contribution >= 4 is 10.8 Å². The third-order valence-electron chi connectivity index (χ3n) is 4.99. The van der Waals surface area contributed by atoms with Crippen LogP contribution in [-0.4, -0.2) is 5.11 Å². The molecule has 0 aromatic heterocycles. The van der Waals surface area contributed by atoms with Crippen LogP contribution in [0.25, 0.3) is 10.8 Å². The molecule has 3 rings (SSSR count). The summed E-state index contributed by atoms with van der Waals surface area (Å²) in [6.07, 6.45) is 4.42. The quantitative estimate of drug-likeness (QED) is 0.823. The highest BCUT2D eigenvalue weighted by Crippen LogP contribution is 2.45. The lowest BCUT2D eigenvalue weighted by Gasteiger charge is -2.43. The maximum atomic E-state index is 11.3. The second-order valence-corrected chi connectivity index (χ2v) is 6.58. The maximum absolute atomic E-state index is 11.3. The van der Waals surface area contributed by atoms with Gasteiger partial charge in [0.05, 0.1) is 5.60 Å². The van der Waals surface area contributed by atoms with E-state index in [1.807, 2.05) is 0 Å². The predicted molar refractivity (Wildman–Crippen MR) is 84.6 cm³/mol. The Morgan fingerprint density at radius 2 is 1.80 bits per heavy atom. The van der Waals surface area contributed by atoms with Gasteiger partial charge in [-0.2, -0.15) is 0 Å². The summed E-state index contributed by atoms with van der Waals surface area (Å²) in [5.74, 6) is 0.893. The van der Waals surface area contributed by atoms with Crippen LogP contribution in [0.4, 0.5) is 0 Å². The first kappa shape index (κ1) is 13.6. The lowest BCUT2D eigenvalue weighted by Crippen LogP contribution is -2.40. The zero-order chi connectivity index (χ0) is 14.2. The first-order valence-corrected chi connectivity index (χ1v) is 7.83. The van der Waals surface area contributed by atoms with Crippen LogP contribution in [0.5, 0.6) is 0 Å². The van der Waals surface area contributed by atoms with E-state index in [9.17, 15) is 5.11 Å². The van der Waals surface area contributed by atoms with Gasteiger partial charge in [-0.15, -0.1) is 0 Å². The van der Waals surface area contributed by atoms with Crippen molar-refractivity contribution in [2.24, 2.45) is 11.8 Å². The van der Waals surface area contributed by atoms with Gasteiger partial charge >= 0.3 is 0 Å². The predicted octanol–water partition coefficient (Wildman–Crippen LogP) is 4.87. The first-order chi connectivity index (χ1) is 9.61. The molecule has 2 aromatic carbocycles. The second kappa shape index (κ2) is 5.21. The van der Waals surface area contributed by atoms with Crippen LogP contribution in [0.3, 0.4) is 0 Å². The van der Waals surface area contributed by atoms with Gasteiger partial charge in [-0.3, -0.25) is 0 Å². The van der Waals surface area contributed by atoms with Crippen molar-refractivity contribution in [3.63, 3.8) is 0 Å². The van der Waals surface area contributed by atoms with Gasteiger partial charge in [-0.05, 0) is 47.1 Å².